The molecule has 22 heavy (non-hydrogen) atoms. The fraction of sp³-hybridized carbons (Fsp3) is 0.467. The van der Waals surface area contributed by atoms with Crippen LogP contribution in [0.4, 0.5) is 0 Å². The quantitative estimate of drug-likeness (QED) is 0.917. The Bertz CT molecular complexity index is 653. The highest BCUT2D eigenvalue weighted by Gasteiger charge is 2.37. The zero-order chi connectivity index (χ0) is 14.9. The van der Waals surface area contributed by atoms with E-state index in [9.17, 15) is 4.79 Å². The van der Waals surface area contributed by atoms with Crippen molar-refractivity contribution in [2.75, 3.05) is 25.5 Å². The van der Waals surface area contributed by atoms with Gasteiger partial charge in [-0.05, 0) is 18.6 Å². The van der Waals surface area contributed by atoms with Crippen LogP contribution in [-0.2, 0) is 4.74 Å². The van der Waals surface area contributed by atoms with E-state index in [1.54, 1.807) is 12.3 Å². The van der Waals surface area contributed by atoms with Crippen molar-refractivity contribution < 1.29 is 13.9 Å². The lowest BCUT2D eigenvalue weighted by molar-refractivity contribution is 0.0315. The number of hydrogen-bond donors (Lipinski definition) is 1. The second kappa shape index (κ2) is 5.81. The van der Waals surface area contributed by atoms with E-state index in [1.807, 2.05) is 28.8 Å². The molecule has 2 saturated heterocycles. The number of hydrogen-bond acceptors (Lipinski definition) is 5. The SMILES string of the molecule is O=C(c1cc(-c2ccco2)[nH]n1)N1CCSC2COCCC21. The number of rotatable bonds is 2. The van der Waals surface area contributed by atoms with Crippen LogP contribution in [0.5, 0.6) is 0 Å². The van der Waals surface area contributed by atoms with Crippen molar-refractivity contribution in [3.8, 4) is 11.5 Å². The van der Waals surface area contributed by atoms with Gasteiger partial charge in [0.1, 0.15) is 5.69 Å². The standard InChI is InChI=1S/C15H17N3O3S/c19-15(11-8-10(16-17-11)13-2-1-5-21-13)18-4-7-22-14-9-20-6-3-12(14)18/h1-2,5,8,12,14H,3-4,6-7,9H2,(H,16,17). The van der Waals surface area contributed by atoms with Gasteiger partial charge in [0.15, 0.2) is 11.5 Å². The smallest absolute Gasteiger partial charge is 0.274 e. The van der Waals surface area contributed by atoms with Gasteiger partial charge in [-0.15, -0.1) is 0 Å². The molecule has 6 nitrogen and oxygen atoms in total. The number of carbonyl (C=O) groups excluding carboxylic acids is 1. The number of amides is 1. The first-order valence-electron chi connectivity index (χ1n) is 7.42. The third-order valence-electron chi connectivity index (χ3n) is 4.18. The highest BCUT2D eigenvalue weighted by molar-refractivity contribution is 8.00. The summed E-state index contributed by atoms with van der Waals surface area (Å²) in [6, 6.07) is 5.67. The van der Waals surface area contributed by atoms with Crippen LogP contribution in [-0.4, -0.2) is 57.8 Å². The molecule has 4 rings (SSSR count). The predicted octanol–water partition coefficient (Wildman–Crippen LogP) is 2.02. The van der Waals surface area contributed by atoms with Gasteiger partial charge in [-0.25, -0.2) is 0 Å². The number of aromatic amines is 1. The van der Waals surface area contributed by atoms with E-state index < -0.39 is 0 Å². The van der Waals surface area contributed by atoms with Crippen molar-refractivity contribution in [3.05, 3.63) is 30.2 Å². The first kappa shape index (κ1) is 13.9. The van der Waals surface area contributed by atoms with Gasteiger partial charge >= 0.3 is 0 Å². The van der Waals surface area contributed by atoms with Crippen LogP contribution in [0.15, 0.2) is 28.9 Å². The van der Waals surface area contributed by atoms with E-state index >= 15 is 0 Å². The maximum absolute atomic E-state index is 12.8. The maximum atomic E-state index is 12.8. The minimum atomic E-state index is -0.00810. The van der Waals surface area contributed by atoms with Crippen LogP contribution >= 0.6 is 11.8 Å². The molecule has 116 valence electrons. The molecule has 2 aromatic heterocycles. The summed E-state index contributed by atoms with van der Waals surface area (Å²) < 4.78 is 10.9. The predicted molar refractivity (Wildman–Crippen MR) is 82.8 cm³/mol. The van der Waals surface area contributed by atoms with Crippen molar-refractivity contribution in [1.82, 2.24) is 15.1 Å². The van der Waals surface area contributed by atoms with Gasteiger partial charge in [0, 0.05) is 36.3 Å². The lowest BCUT2D eigenvalue weighted by atomic mass is 10.1. The fourth-order valence-electron chi connectivity index (χ4n) is 3.07. The fourth-order valence-corrected chi connectivity index (χ4v) is 4.38. The Morgan fingerprint density at radius 1 is 1.50 bits per heavy atom. The van der Waals surface area contributed by atoms with Gasteiger partial charge in [0.2, 0.25) is 0 Å². The number of H-pyrrole nitrogens is 1. The van der Waals surface area contributed by atoms with Crippen LogP contribution in [0, 0.1) is 0 Å². The van der Waals surface area contributed by atoms with Gasteiger partial charge < -0.3 is 14.1 Å². The third kappa shape index (κ3) is 2.44. The first-order valence-corrected chi connectivity index (χ1v) is 8.47. The molecule has 0 spiro atoms. The van der Waals surface area contributed by atoms with Crippen molar-refractivity contribution in [3.63, 3.8) is 0 Å². The van der Waals surface area contributed by atoms with E-state index in [1.165, 1.54) is 0 Å². The zero-order valence-electron chi connectivity index (χ0n) is 12.0. The highest BCUT2D eigenvalue weighted by atomic mass is 32.2. The van der Waals surface area contributed by atoms with E-state index in [0.717, 1.165) is 37.6 Å². The highest BCUT2D eigenvalue weighted by Crippen LogP contribution is 2.31. The molecule has 0 bridgehead atoms. The van der Waals surface area contributed by atoms with E-state index in [2.05, 4.69) is 10.2 Å². The summed E-state index contributed by atoms with van der Waals surface area (Å²) in [6.45, 7) is 2.23. The molecule has 0 radical (unpaired) electrons. The van der Waals surface area contributed by atoms with Crippen LogP contribution in [0.25, 0.3) is 11.5 Å². The first-order chi connectivity index (χ1) is 10.8. The van der Waals surface area contributed by atoms with Crippen LogP contribution in [0.3, 0.4) is 0 Å². The number of nitrogens with one attached hydrogen (secondary N) is 1. The average molecular weight is 319 g/mol. The summed E-state index contributed by atoms with van der Waals surface area (Å²) in [5, 5.41) is 7.43. The lowest BCUT2D eigenvalue weighted by Gasteiger charge is -2.43. The molecule has 0 aliphatic carbocycles. The number of thioether (sulfide) groups is 1. The largest absolute Gasteiger partial charge is 0.463 e. The summed E-state index contributed by atoms with van der Waals surface area (Å²) in [6.07, 6.45) is 2.50. The van der Waals surface area contributed by atoms with Crippen molar-refractivity contribution in [2.24, 2.45) is 0 Å². The molecular weight excluding hydrogens is 302 g/mol. The average Bonchev–Trinajstić information content (AvgIpc) is 3.24. The molecule has 2 unspecified atom stereocenters. The molecule has 0 saturated carbocycles. The topological polar surface area (TPSA) is 71.4 Å². The Balaban J connectivity index is 1.56. The van der Waals surface area contributed by atoms with Crippen LogP contribution in [0.1, 0.15) is 16.9 Å². The van der Waals surface area contributed by atoms with E-state index in [4.69, 9.17) is 9.15 Å². The monoisotopic (exact) mass is 319 g/mol. The van der Waals surface area contributed by atoms with Crippen molar-refractivity contribution in [2.45, 2.75) is 17.7 Å². The minimum Gasteiger partial charge on any atom is -0.463 e. The summed E-state index contributed by atoms with van der Waals surface area (Å²) in [5.41, 5.74) is 1.17. The minimum absolute atomic E-state index is 0.00810. The van der Waals surface area contributed by atoms with Crippen molar-refractivity contribution in [1.29, 1.82) is 0 Å². The van der Waals surface area contributed by atoms with E-state index in [-0.39, 0.29) is 11.9 Å². The number of ether oxygens (including phenoxy) is 1. The number of aromatic nitrogens is 2. The summed E-state index contributed by atoms with van der Waals surface area (Å²) in [4.78, 5) is 14.8. The van der Waals surface area contributed by atoms with Gasteiger partial charge in [0.05, 0.1) is 12.9 Å². The molecule has 1 amide bonds. The molecule has 2 aliphatic heterocycles. The molecule has 2 fully saturated rings. The summed E-state index contributed by atoms with van der Waals surface area (Å²) in [7, 11) is 0. The molecule has 2 atom stereocenters. The number of carbonyl (C=O) groups is 1. The van der Waals surface area contributed by atoms with Crippen LogP contribution in [0.2, 0.25) is 0 Å². The second-order valence-corrected chi connectivity index (χ2v) is 6.83. The zero-order valence-corrected chi connectivity index (χ0v) is 12.8. The molecule has 0 aromatic carbocycles. The second-order valence-electron chi connectivity index (χ2n) is 5.48. The molecule has 4 heterocycles. The third-order valence-corrected chi connectivity index (χ3v) is 5.47. The van der Waals surface area contributed by atoms with Crippen molar-refractivity contribution >= 4 is 17.7 Å². The van der Waals surface area contributed by atoms with Crippen LogP contribution < -0.4 is 0 Å². The lowest BCUT2D eigenvalue weighted by Crippen LogP contribution is -2.54. The summed E-state index contributed by atoms with van der Waals surface area (Å²) >= 11 is 1.90. The Labute approximate surface area is 132 Å². The van der Waals surface area contributed by atoms with Gasteiger partial charge in [-0.1, -0.05) is 0 Å². The molecular formula is C15H17N3O3S. The van der Waals surface area contributed by atoms with Gasteiger partial charge in [-0.2, -0.15) is 16.9 Å². The molecule has 2 aromatic rings. The van der Waals surface area contributed by atoms with Gasteiger partial charge in [0.25, 0.3) is 5.91 Å². The van der Waals surface area contributed by atoms with E-state index in [0.29, 0.717) is 16.7 Å². The number of nitrogens with zero attached hydrogens (tertiary/aromatic N) is 2. The Kier molecular flexibility index (Phi) is 3.67. The number of fused-ring (bicyclic) bond motifs is 1. The normalized spacial score (nSPS) is 25.0. The van der Waals surface area contributed by atoms with Gasteiger partial charge in [-0.3, -0.25) is 9.89 Å². The molecule has 7 heteroatoms. The Morgan fingerprint density at radius 3 is 3.32 bits per heavy atom. The Hall–Kier alpha value is -1.73. The maximum Gasteiger partial charge on any atom is 0.274 e. The Morgan fingerprint density at radius 2 is 2.45 bits per heavy atom. The number of furan rings is 1. The summed E-state index contributed by atoms with van der Waals surface area (Å²) in [5.74, 6) is 1.63. The molecule has 2 aliphatic rings. The molecule has 1 N–H and O–H groups in total.